The number of nitrogens with two attached hydrogens (primary N) is 1. The van der Waals surface area contributed by atoms with Crippen molar-refractivity contribution in [1.29, 1.82) is 0 Å². The first-order chi connectivity index (χ1) is 18.3. The van der Waals surface area contributed by atoms with Crippen LogP contribution >= 0.6 is 0 Å². The number of fused-ring (bicyclic) bond motifs is 1. The summed E-state index contributed by atoms with van der Waals surface area (Å²) in [5.74, 6) is -3.58. The van der Waals surface area contributed by atoms with Crippen LogP contribution in [0.1, 0.15) is 40.5 Å². The maximum absolute atomic E-state index is 12.8. The van der Waals surface area contributed by atoms with Crippen LogP contribution in [0.2, 0.25) is 0 Å². The predicted molar refractivity (Wildman–Crippen MR) is 142 cm³/mol. The van der Waals surface area contributed by atoms with E-state index in [0.717, 1.165) is 6.08 Å². The topological polar surface area (TPSA) is 174 Å². The zero-order chi connectivity index (χ0) is 29.4. The van der Waals surface area contributed by atoms with Gasteiger partial charge in [0.25, 0.3) is 5.91 Å². The lowest BCUT2D eigenvalue weighted by molar-refractivity contribution is -0.132. The van der Waals surface area contributed by atoms with Gasteiger partial charge in [0.1, 0.15) is 11.9 Å². The summed E-state index contributed by atoms with van der Waals surface area (Å²) in [6.45, 7) is 6.79. The van der Waals surface area contributed by atoms with Crippen molar-refractivity contribution in [2.24, 2.45) is 17.6 Å². The Morgan fingerprint density at radius 3 is 2.38 bits per heavy atom. The van der Waals surface area contributed by atoms with Crippen LogP contribution in [0.25, 0.3) is 0 Å². The minimum atomic E-state index is -1.01. The van der Waals surface area contributed by atoms with Crippen LogP contribution in [-0.4, -0.2) is 72.4 Å². The minimum Gasteiger partial charge on any atom is -0.505 e. The molecule has 0 saturated carbocycles. The summed E-state index contributed by atoms with van der Waals surface area (Å²) in [7, 11) is 2.86. The molecule has 6 atom stereocenters. The molecule has 2 aliphatic rings. The van der Waals surface area contributed by atoms with Crippen molar-refractivity contribution in [2.75, 3.05) is 14.2 Å². The molecule has 6 unspecified atom stereocenters. The molecule has 0 spiro atoms. The molecule has 2 amide bonds. The van der Waals surface area contributed by atoms with E-state index >= 15 is 0 Å². The maximum Gasteiger partial charge on any atom is 0.405 e. The van der Waals surface area contributed by atoms with E-state index in [1.807, 2.05) is 0 Å². The number of hydrogen-bond donors (Lipinski definition) is 4. The van der Waals surface area contributed by atoms with Gasteiger partial charge in [0, 0.05) is 37.4 Å². The van der Waals surface area contributed by atoms with E-state index in [9.17, 15) is 29.4 Å². The second-order valence-electron chi connectivity index (χ2n) is 9.90. The molecule has 0 fully saturated rings. The van der Waals surface area contributed by atoms with E-state index < -0.39 is 59.7 Å². The summed E-state index contributed by atoms with van der Waals surface area (Å²) >= 11 is 0. The highest BCUT2D eigenvalue weighted by atomic mass is 16.6. The Balaban J connectivity index is 2.59. The van der Waals surface area contributed by atoms with Crippen LogP contribution in [0, 0.1) is 11.8 Å². The maximum atomic E-state index is 12.8. The third-order valence-electron chi connectivity index (χ3n) is 6.77. The number of aliphatic hydroxyl groups is 2. The molecule has 5 N–H and O–H groups in total. The first-order valence-corrected chi connectivity index (χ1v) is 12.6. The average Bonchev–Trinajstić information content (AvgIpc) is 2.88. The fourth-order valence-electron chi connectivity index (χ4n) is 4.57. The molecule has 0 aromatic heterocycles. The van der Waals surface area contributed by atoms with E-state index in [1.54, 1.807) is 32.9 Å². The van der Waals surface area contributed by atoms with Crippen molar-refractivity contribution in [2.45, 2.75) is 65.0 Å². The van der Waals surface area contributed by atoms with Crippen molar-refractivity contribution in [1.82, 2.24) is 5.32 Å². The number of allylic oxidation sites excluding steroid dienone is 4. The summed E-state index contributed by atoms with van der Waals surface area (Å²) in [6, 6.07) is 0. The lowest BCUT2D eigenvalue weighted by Gasteiger charge is -2.29. The minimum absolute atomic E-state index is 0.0149. The van der Waals surface area contributed by atoms with Crippen LogP contribution in [0.4, 0.5) is 4.79 Å². The van der Waals surface area contributed by atoms with Gasteiger partial charge in [-0.2, -0.15) is 0 Å². The number of amides is 2. The molecule has 214 valence electrons. The first kappa shape index (κ1) is 31.7. The molecular formula is C28H38N2O9. The number of primary amides is 1. The van der Waals surface area contributed by atoms with Crippen LogP contribution in [0.3, 0.4) is 0 Å². The SMILES string of the molecule is COC1C=CC=C(C)C(=O)NC2=CC(=O)C(=O)C(=C2O)CC(C)CC(OC)C(O)C(C)C=C(C)C1OC(N)=O. The third-order valence-corrected chi connectivity index (χ3v) is 6.77. The standard InChI is InChI=1S/C28H38N2O9/c1-14-10-18-24(33)19(13-20(31)25(18)34)30-27(35)15(2)8-7-9-21(37-5)26(39-28(29)36)17(4)12-16(3)23(32)22(11-14)38-6/h7-9,12-14,16,21-23,26,32-33H,10-11H2,1-6H3,(H2,29,36)(H,30,35). The van der Waals surface area contributed by atoms with E-state index in [4.69, 9.17) is 19.9 Å². The van der Waals surface area contributed by atoms with Crippen LogP contribution in [0.5, 0.6) is 0 Å². The van der Waals surface area contributed by atoms with Crippen molar-refractivity contribution in [3.63, 3.8) is 0 Å². The molecule has 39 heavy (non-hydrogen) atoms. The first-order valence-electron chi connectivity index (χ1n) is 12.6. The summed E-state index contributed by atoms with van der Waals surface area (Å²) in [5.41, 5.74) is 5.79. The Labute approximate surface area is 228 Å². The molecule has 1 aliphatic heterocycles. The number of ketones is 2. The molecule has 11 heteroatoms. The number of carbonyl (C=O) groups is 4. The highest BCUT2D eigenvalue weighted by Gasteiger charge is 2.33. The Morgan fingerprint density at radius 2 is 1.79 bits per heavy atom. The highest BCUT2D eigenvalue weighted by Crippen LogP contribution is 2.29. The summed E-state index contributed by atoms with van der Waals surface area (Å²) in [6.07, 6.45) is 3.07. The van der Waals surface area contributed by atoms with Gasteiger partial charge in [0.15, 0.2) is 6.10 Å². The van der Waals surface area contributed by atoms with Gasteiger partial charge < -0.3 is 35.5 Å². The molecule has 0 aromatic rings. The molecule has 0 radical (unpaired) electrons. The number of ether oxygens (including phenoxy) is 3. The van der Waals surface area contributed by atoms with E-state index in [2.05, 4.69) is 5.32 Å². The largest absolute Gasteiger partial charge is 0.505 e. The van der Waals surface area contributed by atoms with E-state index in [-0.39, 0.29) is 35.6 Å². The van der Waals surface area contributed by atoms with Gasteiger partial charge in [0.05, 0.1) is 17.9 Å². The smallest absolute Gasteiger partial charge is 0.405 e. The van der Waals surface area contributed by atoms with Crippen molar-refractivity contribution in [3.8, 4) is 0 Å². The van der Waals surface area contributed by atoms with Gasteiger partial charge in [-0.15, -0.1) is 0 Å². The zero-order valence-corrected chi connectivity index (χ0v) is 23.1. The van der Waals surface area contributed by atoms with E-state index in [1.165, 1.54) is 33.3 Å². The molecule has 1 aliphatic carbocycles. The molecule has 0 saturated heterocycles. The van der Waals surface area contributed by atoms with Crippen LogP contribution in [0.15, 0.2) is 58.6 Å². The number of aliphatic hydroxyl groups excluding tert-OH is 2. The summed E-state index contributed by atoms with van der Waals surface area (Å²) in [5, 5.41) is 24.3. The molecular weight excluding hydrogens is 508 g/mol. The Kier molecular flexibility index (Phi) is 11.4. The Bertz CT molecular complexity index is 1130. The van der Waals surface area contributed by atoms with Crippen LogP contribution < -0.4 is 11.1 Å². The second kappa shape index (κ2) is 14.0. The number of hydrogen-bond acceptors (Lipinski definition) is 9. The molecule has 0 aromatic carbocycles. The highest BCUT2D eigenvalue weighted by molar-refractivity contribution is 6.48. The van der Waals surface area contributed by atoms with Gasteiger partial charge in [-0.25, -0.2) is 4.79 Å². The summed E-state index contributed by atoms with van der Waals surface area (Å²) < 4.78 is 16.4. The monoisotopic (exact) mass is 546 g/mol. The normalized spacial score (nSPS) is 29.8. The molecule has 1 heterocycles. The number of methoxy groups -OCH3 is 2. The number of rotatable bonds is 3. The van der Waals surface area contributed by atoms with Crippen molar-refractivity contribution in [3.05, 3.63) is 58.6 Å². The number of carbonyl (C=O) groups excluding carboxylic acids is 4. The fraction of sp³-hybridized carbons (Fsp3) is 0.500. The van der Waals surface area contributed by atoms with Gasteiger partial charge in [0.2, 0.25) is 11.6 Å². The number of Topliss-reactive ketones (excluding diaryl/α,β-unsaturated/α-hetero) is 1. The van der Waals surface area contributed by atoms with Gasteiger partial charge >= 0.3 is 6.09 Å². The van der Waals surface area contributed by atoms with Gasteiger partial charge in [-0.1, -0.05) is 38.2 Å². The predicted octanol–water partition coefficient (Wildman–Crippen LogP) is 2.32. The molecule has 11 nitrogen and oxygen atoms in total. The zero-order valence-electron chi connectivity index (χ0n) is 23.1. The molecule has 2 rings (SSSR count). The lowest BCUT2D eigenvalue weighted by atomic mass is 9.85. The van der Waals surface area contributed by atoms with Gasteiger partial charge in [-0.05, 0) is 38.2 Å². The average molecular weight is 547 g/mol. The van der Waals surface area contributed by atoms with Crippen molar-refractivity contribution < 1.29 is 43.6 Å². The Morgan fingerprint density at radius 1 is 1.13 bits per heavy atom. The van der Waals surface area contributed by atoms with Gasteiger partial charge in [-0.3, -0.25) is 14.4 Å². The third kappa shape index (κ3) is 8.22. The summed E-state index contributed by atoms with van der Waals surface area (Å²) in [4.78, 5) is 49.4. The van der Waals surface area contributed by atoms with Crippen LogP contribution in [-0.2, 0) is 28.6 Å². The lowest BCUT2D eigenvalue weighted by Crippen LogP contribution is -2.37. The second-order valence-corrected chi connectivity index (χ2v) is 9.90. The fourth-order valence-corrected chi connectivity index (χ4v) is 4.57. The quantitative estimate of drug-likeness (QED) is 0.235. The molecule has 2 bridgehead atoms. The van der Waals surface area contributed by atoms with Crippen molar-refractivity contribution >= 4 is 23.6 Å². The Hall–Kier alpha value is -3.54. The van der Waals surface area contributed by atoms with E-state index in [0.29, 0.717) is 5.57 Å². The number of nitrogens with one attached hydrogen (secondary N) is 1.